The lowest BCUT2D eigenvalue weighted by atomic mass is 10.2. The Morgan fingerprint density at radius 2 is 1.41 bits per heavy atom. The molecule has 0 radical (unpaired) electrons. The molecular weight excluding hydrogens is 261 g/mol. The van der Waals surface area contributed by atoms with Crippen LogP contribution in [0.1, 0.15) is 0 Å². The maximum atomic E-state index is 5.78. The molecule has 0 unspecified atom stereocenters. The lowest BCUT2D eigenvalue weighted by molar-refractivity contribution is 0.394. The van der Waals surface area contributed by atoms with Gasteiger partial charge in [0.25, 0.3) is 0 Å². The fourth-order valence-electron chi connectivity index (χ4n) is 1.55. The van der Waals surface area contributed by atoms with Gasteiger partial charge in [-0.2, -0.15) is 0 Å². The molecule has 1 aromatic carbocycles. The van der Waals surface area contributed by atoms with E-state index in [0.29, 0.717) is 11.8 Å². The van der Waals surface area contributed by atoms with Crippen LogP contribution in [0.4, 0.5) is 5.69 Å². The smallest absolute Gasteiger partial charge is 0.124 e. The zero-order chi connectivity index (χ0) is 12.7. The summed E-state index contributed by atoms with van der Waals surface area (Å²) >= 11 is 11.6. The predicted octanol–water partition coefficient (Wildman–Crippen LogP) is 2.99. The summed E-state index contributed by atoms with van der Waals surface area (Å²) < 4.78 is 10.5. The molecule has 0 aliphatic heterocycles. The molecule has 0 N–H and O–H groups in total. The highest BCUT2D eigenvalue weighted by Crippen LogP contribution is 2.28. The first-order chi connectivity index (χ1) is 8.24. The molecule has 3 nitrogen and oxygen atoms in total. The number of hydrogen-bond donors (Lipinski definition) is 0. The largest absolute Gasteiger partial charge is 0.497 e. The summed E-state index contributed by atoms with van der Waals surface area (Å²) in [7, 11) is 3.26. The van der Waals surface area contributed by atoms with Crippen LogP contribution in [0, 0.1) is 0 Å². The normalized spacial score (nSPS) is 10.1. The minimum Gasteiger partial charge on any atom is -0.497 e. The van der Waals surface area contributed by atoms with E-state index in [4.69, 9.17) is 32.7 Å². The van der Waals surface area contributed by atoms with Gasteiger partial charge in [0.15, 0.2) is 0 Å². The number of benzene rings is 1. The van der Waals surface area contributed by atoms with E-state index in [1.807, 2.05) is 18.2 Å². The molecular formula is C12H17Cl2NO2. The zero-order valence-corrected chi connectivity index (χ0v) is 11.6. The number of methoxy groups -OCH3 is 2. The van der Waals surface area contributed by atoms with Crippen molar-refractivity contribution in [1.29, 1.82) is 0 Å². The molecule has 0 atom stereocenters. The fraction of sp³-hybridized carbons (Fsp3) is 0.500. The minimum absolute atomic E-state index is 0.552. The second-order valence-corrected chi connectivity index (χ2v) is 4.19. The van der Waals surface area contributed by atoms with E-state index < -0.39 is 0 Å². The molecule has 0 aliphatic carbocycles. The predicted molar refractivity (Wildman–Crippen MR) is 73.2 cm³/mol. The van der Waals surface area contributed by atoms with Gasteiger partial charge in [0.05, 0.1) is 14.2 Å². The van der Waals surface area contributed by atoms with Crippen LogP contribution in [0.2, 0.25) is 0 Å². The first kappa shape index (κ1) is 14.3. The van der Waals surface area contributed by atoms with E-state index in [2.05, 4.69) is 4.90 Å². The Kier molecular flexibility index (Phi) is 6.30. The monoisotopic (exact) mass is 277 g/mol. The van der Waals surface area contributed by atoms with Crippen LogP contribution in [-0.2, 0) is 0 Å². The van der Waals surface area contributed by atoms with Crippen LogP contribution in [0.3, 0.4) is 0 Å². The highest BCUT2D eigenvalue weighted by Gasteiger charge is 2.09. The molecule has 0 saturated heterocycles. The summed E-state index contributed by atoms with van der Waals surface area (Å²) in [6, 6.07) is 5.73. The molecule has 0 amide bonds. The lowest BCUT2D eigenvalue weighted by Gasteiger charge is -2.23. The minimum atomic E-state index is 0.552. The van der Waals surface area contributed by atoms with Crippen molar-refractivity contribution in [1.82, 2.24) is 0 Å². The van der Waals surface area contributed by atoms with Crippen LogP contribution >= 0.6 is 23.2 Å². The van der Waals surface area contributed by atoms with Crippen LogP contribution < -0.4 is 14.4 Å². The highest BCUT2D eigenvalue weighted by molar-refractivity contribution is 6.18. The van der Waals surface area contributed by atoms with E-state index in [-0.39, 0.29) is 0 Å². The molecule has 96 valence electrons. The molecule has 0 fully saturated rings. The number of ether oxygens (including phenoxy) is 2. The van der Waals surface area contributed by atoms with Crippen molar-refractivity contribution >= 4 is 28.9 Å². The maximum absolute atomic E-state index is 5.78. The van der Waals surface area contributed by atoms with E-state index >= 15 is 0 Å². The summed E-state index contributed by atoms with van der Waals surface area (Å²) in [6.07, 6.45) is 0. The summed E-state index contributed by atoms with van der Waals surface area (Å²) in [5.41, 5.74) is 1.00. The molecule has 0 heterocycles. The third-order valence-corrected chi connectivity index (χ3v) is 2.75. The second kappa shape index (κ2) is 7.51. The van der Waals surface area contributed by atoms with Gasteiger partial charge in [-0.25, -0.2) is 0 Å². The Balaban J connectivity index is 2.99. The number of hydrogen-bond acceptors (Lipinski definition) is 3. The van der Waals surface area contributed by atoms with Crippen LogP contribution in [0.15, 0.2) is 18.2 Å². The molecule has 5 heteroatoms. The SMILES string of the molecule is COc1cc(OC)cc(N(CCCl)CCCl)c1. The van der Waals surface area contributed by atoms with E-state index in [0.717, 1.165) is 30.3 Å². The Bertz CT molecular complexity index is 319. The first-order valence-corrected chi connectivity index (χ1v) is 6.42. The van der Waals surface area contributed by atoms with Crippen molar-refractivity contribution in [2.45, 2.75) is 0 Å². The highest BCUT2D eigenvalue weighted by atomic mass is 35.5. The fourth-order valence-corrected chi connectivity index (χ4v) is 1.96. The van der Waals surface area contributed by atoms with Gasteiger partial charge >= 0.3 is 0 Å². The van der Waals surface area contributed by atoms with Gasteiger partial charge in [-0.1, -0.05) is 0 Å². The van der Waals surface area contributed by atoms with Gasteiger partial charge in [0.1, 0.15) is 11.5 Å². The summed E-state index contributed by atoms with van der Waals surface area (Å²) in [4.78, 5) is 2.10. The number of nitrogens with zero attached hydrogens (tertiary/aromatic N) is 1. The third kappa shape index (κ3) is 4.17. The van der Waals surface area contributed by atoms with Crippen LogP contribution in [0.25, 0.3) is 0 Å². The Morgan fingerprint density at radius 1 is 0.941 bits per heavy atom. The van der Waals surface area contributed by atoms with Crippen LogP contribution in [0.5, 0.6) is 11.5 Å². The number of halogens is 2. The van der Waals surface area contributed by atoms with Crippen molar-refractivity contribution in [2.75, 3.05) is 44.0 Å². The Hall–Kier alpha value is -0.800. The van der Waals surface area contributed by atoms with Gasteiger partial charge in [-0.3, -0.25) is 0 Å². The molecule has 0 saturated carbocycles. The molecule has 0 aromatic heterocycles. The third-order valence-electron chi connectivity index (χ3n) is 2.41. The van der Waals surface area contributed by atoms with E-state index in [1.54, 1.807) is 14.2 Å². The molecule has 1 rings (SSSR count). The molecule has 0 bridgehead atoms. The maximum Gasteiger partial charge on any atom is 0.124 e. The molecule has 17 heavy (non-hydrogen) atoms. The molecule has 0 spiro atoms. The average molecular weight is 278 g/mol. The number of alkyl halides is 2. The van der Waals surface area contributed by atoms with Crippen molar-refractivity contribution in [2.24, 2.45) is 0 Å². The zero-order valence-electron chi connectivity index (χ0n) is 10.1. The van der Waals surface area contributed by atoms with Crippen molar-refractivity contribution in [3.63, 3.8) is 0 Å². The number of rotatable bonds is 7. The van der Waals surface area contributed by atoms with Gasteiger partial charge in [-0.05, 0) is 0 Å². The summed E-state index contributed by atoms with van der Waals surface area (Å²) in [5.74, 6) is 2.62. The van der Waals surface area contributed by atoms with Crippen LogP contribution in [-0.4, -0.2) is 39.1 Å². The van der Waals surface area contributed by atoms with Gasteiger partial charge in [0, 0.05) is 48.7 Å². The summed E-state index contributed by atoms with van der Waals surface area (Å²) in [5, 5.41) is 0. The number of anilines is 1. The Morgan fingerprint density at radius 3 is 1.76 bits per heavy atom. The first-order valence-electron chi connectivity index (χ1n) is 5.35. The summed E-state index contributed by atoms with van der Waals surface area (Å²) in [6.45, 7) is 1.48. The van der Waals surface area contributed by atoms with Crippen molar-refractivity contribution in [3.8, 4) is 11.5 Å². The standard InChI is InChI=1S/C12H17Cl2NO2/c1-16-11-7-10(8-12(9-11)17-2)15(5-3-13)6-4-14/h7-9H,3-6H2,1-2H3. The second-order valence-electron chi connectivity index (χ2n) is 3.44. The van der Waals surface area contributed by atoms with Crippen molar-refractivity contribution < 1.29 is 9.47 Å². The van der Waals surface area contributed by atoms with Crippen molar-refractivity contribution in [3.05, 3.63) is 18.2 Å². The lowest BCUT2D eigenvalue weighted by Crippen LogP contribution is -2.27. The average Bonchev–Trinajstić information content (AvgIpc) is 2.37. The Labute approximate surface area is 112 Å². The van der Waals surface area contributed by atoms with Gasteiger partial charge < -0.3 is 14.4 Å². The molecule has 1 aromatic rings. The van der Waals surface area contributed by atoms with E-state index in [1.165, 1.54) is 0 Å². The molecule has 0 aliphatic rings. The van der Waals surface area contributed by atoms with E-state index in [9.17, 15) is 0 Å². The van der Waals surface area contributed by atoms with Gasteiger partial charge in [0.2, 0.25) is 0 Å². The topological polar surface area (TPSA) is 21.7 Å². The van der Waals surface area contributed by atoms with Gasteiger partial charge in [-0.15, -0.1) is 23.2 Å². The quantitative estimate of drug-likeness (QED) is 0.716.